The van der Waals surface area contributed by atoms with Crippen molar-refractivity contribution < 1.29 is 28.6 Å². The molecule has 0 rings (SSSR count). The van der Waals surface area contributed by atoms with Crippen molar-refractivity contribution in [3.05, 3.63) is 48.6 Å². The Morgan fingerprint density at radius 1 is 0.733 bits per heavy atom. The third kappa shape index (κ3) is 17.6. The van der Waals surface area contributed by atoms with E-state index in [2.05, 4.69) is 25.2 Å². The lowest BCUT2D eigenvalue weighted by Crippen LogP contribution is -2.29. The average molecular weight is 421 g/mol. The molecule has 0 aromatic rings. The first-order valence-electron chi connectivity index (χ1n) is 10.6. The summed E-state index contributed by atoms with van der Waals surface area (Å²) in [6.45, 7) is 5.31. The van der Waals surface area contributed by atoms with Crippen LogP contribution in [-0.4, -0.2) is 37.2 Å². The molecular weight excluding hydrogens is 384 g/mol. The van der Waals surface area contributed by atoms with Gasteiger partial charge in [0.2, 0.25) is 6.29 Å². The lowest BCUT2D eigenvalue weighted by atomic mass is 10.2. The first kappa shape index (κ1) is 27.5. The molecule has 0 aliphatic heterocycles. The van der Waals surface area contributed by atoms with Crippen LogP contribution in [0.5, 0.6) is 0 Å². The summed E-state index contributed by atoms with van der Waals surface area (Å²) >= 11 is 0. The molecule has 0 aromatic carbocycles. The van der Waals surface area contributed by atoms with Gasteiger partial charge in [-0.2, -0.15) is 0 Å². The summed E-state index contributed by atoms with van der Waals surface area (Å²) in [6, 6.07) is 0. The number of Topliss-reactive ketones (excluding diaryl/α,β-unsaturated/α-hetero) is 1. The van der Waals surface area contributed by atoms with Gasteiger partial charge in [-0.05, 0) is 25.7 Å². The molecule has 30 heavy (non-hydrogen) atoms. The molecule has 0 heterocycles. The fourth-order valence-corrected chi connectivity index (χ4v) is 2.05. The smallest absolute Gasteiger partial charge is 0.312 e. The molecule has 1 atom stereocenters. The van der Waals surface area contributed by atoms with Gasteiger partial charge in [0.15, 0.2) is 12.4 Å². The molecule has 0 saturated heterocycles. The monoisotopic (exact) mass is 420 g/mol. The molecule has 0 aliphatic carbocycles. The van der Waals surface area contributed by atoms with Crippen LogP contribution in [0.4, 0.5) is 0 Å². The van der Waals surface area contributed by atoms with E-state index in [0.29, 0.717) is 6.42 Å². The molecule has 0 N–H and O–H groups in total. The maximum absolute atomic E-state index is 11.9. The molecule has 0 bridgehead atoms. The van der Waals surface area contributed by atoms with Gasteiger partial charge in [-0.15, -0.1) is 0 Å². The van der Waals surface area contributed by atoms with Crippen LogP contribution in [0.3, 0.4) is 0 Å². The van der Waals surface area contributed by atoms with Gasteiger partial charge in [0, 0.05) is 6.42 Å². The topological polar surface area (TPSA) is 78.9 Å². The van der Waals surface area contributed by atoms with Crippen molar-refractivity contribution in [2.24, 2.45) is 0 Å². The molecule has 0 saturated carbocycles. The van der Waals surface area contributed by atoms with Gasteiger partial charge in [-0.3, -0.25) is 14.4 Å². The number of carbonyl (C=O) groups excluding carboxylic acids is 3. The third-order valence-electron chi connectivity index (χ3n) is 3.72. The summed E-state index contributed by atoms with van der Waals surface area (Å²) in [5.74, 6) is -1.10. The summed E-state index contributed by atoms with van der Waals surface area (Å²) in [5, 5.41) is 0. The Morgan fingerprint density at radius 3 is 1.90 bits per heavy atom. The van der Waals surface area contributed by atoms with Gasteiger partial charge < -0.3 is 14.2 Å². The van der Waals surface area contributed by atoms with E-state index in [-0.39, 0.29) is 31.8 Å². The molecule has 0 aliphatic rings. The molecule has 0 spiro atoms. The number of allylic oxidation sites excluding steroid dienone is 6. The minimum atomic E-state index is -1.10. The van der Waals surface area contributed by atoms with E-state index >= 15 is 0 Å². The van der Waals surface area contributed by atoms with Crippen molar-refractivity contribution in [1.29, 1.82) is 0 Å². The van der Waals surface area contributed by atoms with Crippen molar-refractivity contribution in [3.63, 3.8) is 0 Å². The third-order valence-corrected chi connectivity index (χ3v) is 3.72. The predicted molar refractivity (Wildman–Crippen MR) is 118 cm³/mol. The lowest BCUT2D eigenvalue weighted by Gasteiger charge is -2.17. The van der Waals surface area contributed by atoms with Crippen LogP contribution in [-0.2, 0) is 28.6 Å². The summed E-state index contributed by atoms with van der Waals surface area (Å²) in [7, 11) is 0. The van der Waals surface area contributed by atoms with Crippen LogP contribution < -0.4 is 0 Å². The minimum Gasteiger partial charge on any atom is -0.459 e. The van der Waals surface area contributed by atoms with Gasteiger partial charge in [-0.1, -0.05) is 69.4 Å². The van der Waals surface area contributed by atoms with Gasteiger partial charge in [0.05, 0.1) is 12.8 Å². The zero-order valence-corrected chi connectivity index (χ0v) is 18.5. The predicted octanol–water partition coefficient (Wildman–Crippen LogP) is 5.00. The summed E-state index contributed by atoms with van der Waals surface area (Å²) < 4.78 is 15.6. The van der Waals surface area contributed by atoms with Crippen LogP contribution in [0.15, 0.2) is 48.6 Å². The first-order valence-corrected chi connectivity index (χ1v) is 10.6. The SMILES string of the molecule is CC/C=C\C/C=C\C/C=C\CC(=O)OCC(OCC(=O)CC)OC(=O)C/C=C\CC. The summed E-state index contributed by atoms with van der Waals surface area (Å²) in [5.41, 5.74) is 0. The van der Waals surface area contributed by atoms with Crippen LogP contribution in [0, 0.1) is 0 Å². The van der Waals surface area contributed by atoms with Gasteiger partial charge >= 0.3 is 11.9 Å². The Kier molecular flexibility index (Phi) is 18.2. The van der Waals surface area contributed by atoms with Gasteiger partial charge in [-0.25, -0.2) is 0 Å². The highest BCUT2D eigenvalue weighted by Gasteiger charge is 2.18. The van der Waals surface area contributed by atoms with Crippen molar-refractivity contribution in [1.82, 2.24) is 0 Å². The molecule has 0 aromatic heterocycles. The molecule has 168 valence electrons. The van der Waals surface area contributed by atoms with E-state index < -0.39 is 18.2 Å². The number of ketones is 1. The Morgan fingerprint density at radius 2 is 1.27 bits per heavy atom. The van der Waals surface area contributed by atoms with Crippen LogP contribution in [0.25, 0.3) is 0 Å². The fraction of sp³-hybridized carbons (Fsp3) is 0.542. The van der Waals surface area contributed by atoms with E-state index in [4.69, 9.17) is 14.2 Å². The van der Waals surface area contributed by atoms with E-state index in [1.165, 1.54) is 0 Å². The maximum atomic E-state index is 11.9. The summed E-state index contributed by atoms with van der Waals surface area (Å²) in [4.78, 5) is 35.2. The molecule has 6 heteroatoms. The number of carbonyl (C=O) groups is 3. The van der Waals surface area contributed by atoms with E-state index in [1.807, 2.05) is 25.2 Å². The Labute approximate surface area is 180 Å². The summed E-state index contributed by atoms with van der Waals surface area (Å²) in [6.07, 6.45) is 18.4. The molecule has 0 amide bonds. The van der Waals surface area contributed by atoms with Crippen LogP contribution in [0.1, 0.15) is 65.7 Å². The second-order valence-corrected chi connectivity index (χ2v) is 6.39. The second kappa shape index (κ2) is 19.8. The van der Waals surface area contributed by atoms with Crippen LogP contribution >= 0.6 is 0 Å². The normalized spacial score (nSPS) is 12.9. The van der Waals surface area contributed by atoms with E-state index in [1.54, 1.807) is 19.1 Å². The van der Waals surface area contributed by atoms with Crippen molar-refractivity contribution in [2.75, 3.05) is 13.2 Å². The average Bonchev–Trinajstić information content (AvgIpc) is 2.74. The molecule has 1 unspecified atom stereocenters. The molecular formula is C24H36O6. The molecule has 0 fully saturated rings. The largest absolute Gasteiger partial charge is 0.459 e. The number of esters is 2. The minimum absolute atomic E-state index is 0.0911. The Hall–Kier alpha value is -2.47. The standard InChI is InChI=1S/C24H36O6/c1-4-7-9-10-11-12-13-14-16-17-22(26)28-20-24(29-19-21(25)6-3)30-23(27)18-15-8-5-2/h7-9,11-12,14-16,24H,4-6,10,13,17-20H2,1-3H3/b9-7-,12-11-,15-8-,16-14-. The highest BCUT2D eigenvalue weighted by molar-refractivity contribution is 5.79. The number of ether oxygens (including phenoxy) is 3. The Balaban J connectivity index is 4.34. The molecule has 0 radical (unpaired) electrons. The fourth-order valence-electron chi connectivity index (χ4n) is 2.05. The van der Waals surface area contributed by atoms with Crippen molar-refractivity contribution >= 4 is 17.7 Å². The van der Waals surface area contributed by atoms with Crippen LogP contribution in [0.2, 0.25) is 0 Å². The van der Waals surface area contributed by atoms with Crippen molar-refractivity contribution in [3.8, 4) is 0 Å². The maximum Gasteiger partial charge on any atom is 0.312 e. The first-order chi connectivity index (χ1) is 14.5. The number of hydrogen-bond acceptors (Lipinski definition) is 6. The van der Waals surface area contributed by atoms with Gasteiger partial charge in [0.1, 0.15) is 6.61 Å². The quantitative estimate of drug-likeness (QED) is 0.187. The highest BCUT2D eigenvalue weighted by atomic mass is 16.7. The Bertz CT molecular complexity index is 601. The van der Waals surface area contributed by atoms with E-state index in [9.17, 15) is 14.4 Å². The van der Waals surface area contributed by atoms with Crippen molar-refractivity contribution in [2.45, 2.75) is 72.0 Å². The second-order valence-electron chi connectivity index (χ2n) is 6.39. The number of hydrogen-bond donors (Lipinski definition) is 0. The number of rotatable bonds is 17. The lowest BCUT2D eigenvalue weighted by molar-refractivity contribution is -0.194. The van der Waals surface area contributed by atoms with E-state index in [0.717, 1.165) is 25.7 Å². The zero-order chi connectivity index (χ0) is 22.5. The highest BCUT2D eigenvalue weighted by Crippen LogP contribution is 2.03. The molecule has 6 nitrogen and oxygen atoms in total. The zero-order valence-electron chi connectivity index (χ0n) is 18.5. The van der Waals surface area contributed by atoms with Gasteiger partial charge in [0.25, 0.3) is 0 Å².